The SMILES string of the molecule is COC(=O)C#CCCCCC=O. The zero-order valence-electron chi connectivity index (χ0n) is 7.13. The molecule has 0 atom stereocenters. The summed E-state index contributed by atoms with van der Waals surface area (Å²) in [5, 5.41) is 0. The molecule has 0 radical (unpaired) electrons. The highest BCUT2D eigenvalue weighted by atomic mass is 16.5. The van der Waals surface area contributed by atoms with Gasteiger partial charge in [-0.2, -0.15) is 0 Å². The van der Waals surface area contributed by atoms with Crippen molar-refractivity contribution in [2.75, 3.05) is 7.11 Å². The van der Waals surface area contributed by atoms with Crippen LogP contribution in [0, 0.1) is 11.8 Å². The Labute approximate surface area is 72.1 Å². The highest BCUT2D eigenvalue weighted by Crippen LogP contribution is 1.95. The fraction of sp³-hybridized carbons (Fsp3) is 0.556. The lowest BCUT2D eigenvalue weighted by Gasteiger charge is -1.88. The molecule has 0 N–H and O–H groups in total. The van der Waals surface area contributed by atoms with E-state index in [9.17, 15) is 9.59 Å². The summed E-state index contributed by atoms with van der Waals surface area (Å²) in [6.45, 7) is 0. The van der Waals surface area contributed by atoms with E-state index in [1.54, 1.807) is 0 Å². The Balaban J connectivity index is 3.32. The number of rotatable bonds is 4. The predicted octanol–water partition coefficient (Wildman–Crippen LogP) is 0.922. The standard InChI is InChI=1S/C9H12O3/c1-12-9(11)7-5-3-2-4-6-8-10/h8H,2-4,6H2,1H3. The topological polar surface area (TPSA) is 43.4 Å². The van der Waals surface area contributed by atoms with Gasteiger partial charge in [0.15, 0.2) is 0 Å². The molecular formula is C9H12O3. The summed E-state index contributed by atoms with van der Waals surface area (Å²) >= 11 is 0. The van der Waals surface area contributed by atoms with Gasteiger partial charge >= 0.3 is 5.97 Å². The molecule has 0 unspecified atom stereocenters. The average molecular weight is 168 g/mol. The minimum Gasteiger partial charge on any atom is -0.459 e. The number of unbranched alkanes of at least 4 members (excludes halogenated alkanes) is 3. The van der Waals surface area contributed by atoms with E-state index in [2.05, 4.69) is 16.6 Å². The summed E-state index contributed by atoms with van der Waals surface area (Å²) in [6.07, 6.45) is 3.78. The largest absolute Gasteiger partial charge is 0.459 e. The third kappa shape index (κ3) is 6.81. The van der Waals surface area contributed by atoms with Crippen LogP contribution in [0.5, 0.6) is 0 Å². The predicted molar refractivity (Wildman–Crippen MR) is 44.3 cm³/mol. The van der Waals surface area contributed by atoms with Crippen LogP contribution >= 0.6 is 0 Å². The molecule has 12 heavy (non-hydrogen) atoms. The summed E-state index contributed by atoms with van der Waals surface area (Å²) in [7, 11) is 1.30. The van der Waals surface area contributed by atoms with Gasteiger partial charge in [-0.15, -0.1) is 0 Å². The molecule has 0 saturated carbocycles. The van der Waals surface area contributed by atoms with Gasteiger partial charge in [0.05, 0.1) is 7.11 Å². The third-order valence-corrected chi connectivity index (χ3v) is 1.25. The number of hydrogen-bond acceptors (Lipinski definition) is 3. The average Bonchev–Trinajstić information content (AvgIpc) is 2.10. The summed E-state index contributed by atoms with van der Waals surface area (Å²) in [4.78, 5) is 20.3. The van der Waals surface area contributed by atoms with Crippen molar-refractivity contribution in [2.45, 2.75) is 25.7 Å². The number of carbonyl (C=O) groups is 2. The van der Waals surface area contributed by atoms with E-state index >= 15 is 0 Å². The molecule has 0 aliphatic rings. The van der Waals surface area contributed by atoms with Gasteiger partial charge in [0.2, 0.25) is 0 Å². The molecule has 0 aliphatic heterocycles. The second kappa shape index (κ2) is 7.80. The van der Waals surface area contributed by atoms with Gasteiger partial charge < -0.3 is 9.53 Å². The van der Waals surface area contributed by atoms with Crippen molar-refractivity contribution in [2.24, 2.45) is 0 Å². The van der Waals surface area contributed by atoms with Gasteiger partial charge in [0.1, 0.15) is 6.29 Å². The number of esters is 1. The van der Waals surface area contributed by atoms with Crippen molar-refractivity contribution in [3.05, 3.63) is 0 Å². The van der Waals surface area contributed by atoms with E-state index in [0.717, 1.165) is 19.1 Å². The normalized spacial score (nSPS) is 8.08. The van der Waals surface area contributed by atoms with Crippen LogP contribution in [0.4, 0.5) is 0 Å². The van der Waals surface area contributed by atoms with Crippen LogP contribution in [0.2, 0.25) is 0 Å². The zero-order valence-corrected chi connectivity index (χ0v) is 7.13. The van der Waals surface area contributed by atoms with Crippen molar-refractivity contribution in [3.63, 3.8) is 0 Å². The van der Waals surface area contributed by atoms with Crippen molar-refractivity contribution < 1.29 is 14.3 Å². The summed E-state index contributed by atoms with van der Waals surface area (Å²) in [5.41, 5.74) is 0. The lowest BCUT2D eigenvalue weighted by Crippen LogP contribution is -1.94. The second-order valence-corrected chi connectivity index (χ2v) is 2.21. The molecule has 66 valence electrons. The second-order valence-electron chi connectivity index (χ2n) is 2.21. The molecule has 0 fully saturated rings. The van der Waals surface area contributed by atoms with E-state index < -0.39 is 5.97 Å². The van der Waals surface area contributed by atoms with E-state index in [-0.39, 0.29) is 0 Å². The van der Waals surface area contributed by atoms with Crippen molar-refractivity contribution >= 4 is 12.3 Å². The van der Waals surface area contributed by atoms with Crippen LogP contribution in [0.3, 0.4) is 0 Å². The molecule has 0 amide bonds. The highest BCUT2D eigenvalue weighted by molar-refractivity contribution is 5.88. The Hall–Kier alpha value is -1.30. The molecule has 0 aromatic carbocycles. The zero-order chi connectivity index (χ0) is 9.23. The Morgan fingerprint density at radius 3 is 2.83 bits per heavy atom. The first-order valence-electron chi connectivity index (χ1n) is 3.81. The summed E-state index contributed by atoms with van der Waals surface area (Å²) < 4.78 is 4.31. The molecule has 0 aliphatic carbocycles. The maximum absolute atomic E-state index is 10.4. The maximum atomic E-state index is 10.4. The maximum Gasteiger partial charge on any atom is 0.384 e. The van der Waals surface area contributed by atoms with E-state index in [4.69, 9.17) is 0 Å². The van der Waals surface area contributed by atoms with Crippen LogP contribution in [0.15, 0.2) is 0 Å². The molecule has 0 aromatic heterocycles. The van der Waals surface area contributed by atoms with Gasteiger partial charge in [-0.3, -0.25) is 0 Å². The lowest BCUT2D eigenvalue weighted by atomic mass is 10.2. The van der Waals surface area contributed by atoms with Crippen LogP contribution in [0.1, 0.15) is 25.7 Å². The monoisotopic (exact) mass is 168 g/mol. The van der Waals surface area contributed by atoms with E-state index in [1.807, 2.05) is 0 Å². The quantitative estimate of drug-likeness (QED) is 0.206. The lowest BCUT2D eigenvalue weighted by molar-refractivity contribution is -0.133. The Bertz CT molecular complexity index is 198. The van der Waals surface area contributed by atoms with E-state index in [1.165, 1.54) is 7.11 Å². The number of aldehydes is 1. The van der Waals surface area contributed by atoms with Gasteiger partial charge in [0, 0.05) is 18.8 Å². The third-order valence-electron chi connectivity index (χ3n) is 1.25. The Morgan fingerprint density at radius 2 is 2.25 bits per heavy atom. The molecule has 0 saturated heterocycles. The van der Waals surface area contributed by atoms with E-state index in [0.29, 0.717) is 12.8 Å². The van der Waals surface area contributed by atoms with Crippen molar-refractivity contribution in [1.29, 1.82) is 0 Å². The number of carbonyl (C=O) groups excluding carboxylic acids is 2. The first-order chi connectivity index (χ1) is 5.81. The van der Waals surface area contributed by atoms with Crippen molar-refractivity contribution in [1.82, 2.24) is 0 Å². The number of hydrogen-bond donors (Lipinski definition) is 0. The molecule has 0 rings (SSSR count). The highest BCUT2D eigenvalue weighted by Gasteiger charge is 1.88. The molecule has 0 spiro atoms. The number of methoxy groups -OCH3 is 1. The summed E-state index contributed by atoms with van der Waals surface area (Å²) in [5.74, 6) is 4.46. The first kappa shape index (κ1) is 10.7. The Morgan fingerprint density at radius 1 is 1.50 bits per heavy atom. The molecular weight excluding hydrogens is 156 g/mol. The fourth-order valence-corrected chi connectivity index (χ4v) is 0.627. The summed E-state index contributed by atoms with van der Waals surface area (Å²) in [6, 6.07) is 0. The molecule has 0 aromatic rings. The van der Waals surface area contributed by atoms with Crippen LogP contribution < -0.4 is 0 Å². The van der Waals surface area contributed by atoms with Gasteiger partial charge in [-0.05, 0) is 12.8 Å². The van der Waals surface area contributed by atoms with Crippen LogP contribution in [-0.4, -0.2) is 19.4 Å². The van der Waals surface area contributed by atoms with Crippen LogP contribution in [-0.2, 0) is 14.3 Å². The van der Waals surface area contributed by atoms with Gasteiger partial charge in [0.25, 0.3) is 0 Å². The minimum atomic E-state index is -0.509. The molecule has 3 heteroatoms. The smallest absolute Gasteiger partial charge is 0.384 e. The van der Waals surface area contributed by atoms with Gasteiger partial charge in [-0.25, -0.2) is 4.79 Å². The van der Waals surface area contributed by atoms with Gasteiger partial charge in [-0.1, -0.05) is 5.92 Å². The molecule has 0 bridgehead atoms. The Kier molecular flexibility index (Phi) is 6.96. The van der Waals surface area contributed by atoms with Crippen molar-refractivity contribution in [3.8, 4) is 11.8 Å². The number of ether oxygens (including phenoxy) is 1. The molecule has 3 nitrogen and oxygen atoms in total. The first-order valence-corrected chi connectivity index (χ1v) is 3.81. The molecule has 0 heterocycles. The fourth-order valence-electron chi connectivity index (χ4n) is 0.627. The van der Waals surface area contributed by atoms with Crippen LogP contribution in [0.25, 0.3) is 0 Å². The minimum absolute atomic E-state index is 0.509.